The topological polar surface area (TPSA) is 111 Å². The molecule has 41 heavy (non-hydrogen) atoms. The summed E-state index contributed by atoms with van der Waals surface area (Å²) in [4.78, 5) is 27.8. The molecule has 2 aromatic heterocycles. The van der Waals surface area contributed by atoms with Crippen molar-refractivity contribution in [2.75, 3.05) is 22.9 Å². The highest BCUT2D eigenvalue weighted by molar-refractivity contribution is 5.85. The number of aromatic amines is 1. The van der Waals surface area contributed by atoms with E-state index in [4.69, 9.17) is 9.97 Å². The summed E-state index contributed by atoms with van der Waals surface area (Å²) in [5.41, 5.74) is 3.22. The number of rotatable bonds is 9. The fraction of sp³-hybridized carbons (Fsp3) is 0.406. The van der Waals surface area contributed by atoms with Crippen LogP contribution in [0.15, 0.2) is 71.3 Å². The Labute approximate surface area is 239 Å². The molecule has 1 aliphatic carbocycles. The van der Waals surface area contributed by atoms with E-state index in [9.17, 15) is 15.0 Å². The van der Waals surface area contributed by atoms with Crippen LogP contribution in [-0.2, 0) is 0 Å². The molecular weight excluding hydrogens is 516 g/mol. The highest BCUT2D eigenvalue weighted by atomic mass is 16.3. The van der Waals surface area contributed by atoms with Gasteiger partial charge >= 0.3 is 0 Å². The maximum Gasteiger partial charge on any atom is 0.275 e. The van der Waals surface area contributed by atoms with Crippen LogP contribution in [0.1, 0.15) is 56.7 Å². The number of anilines is 2. The first kappa shape index (κ1) is 27.2. The molecule has 0 spiro atoms. The molecule has 3 heterocycles. The number of para-hydroxylation sites is 3. The second kappa shape index (κ2) is 11.1. The third-order valence-corrected chi connectivity index (χ3v) is 8.40. The Hall–Kier alpha value is -3.95. The molecule has 1 saturated carbocycles. The zero-order chi connectivity index (χ0) is 28.7. The summed E-state index contributed by atoms with van der Waals surface area (Å²) in [5, 5.41) is 26.0. The van der Waals surface area contributed by atoms with Crippen molar-refractivity contribution in [1.82, 2.24) is 19.7 Å². The number of aliphatic hydroxyl groups excluding tert-OH is 2. The molecule has 3 N–H and O–H groups in total. The van der Waals surface area contributed by atoms with Gasteiger partial charge in [-0.25, -0.2) is 14.6 Å². The standard InChI is InChI=1S/C32H38N6O3/c1-4-6-17-36-25(37(18-7-5-2)31-30(36)33-23-15-11-12-16-24(23)34-31)19-22-28(39)27(29(22)40)26-20(3)35-38(32(26)41)21-13-9-8-10-14-21/h8-16,19,22,27-29,35,39-40H,4-7,17-18H2,1-3H3. The lowest BCUT2D eigenvalue weighted by Crippen LogP contribution is -2.54. The predicted molar refractivity (Wildman–Crippen MR) is 162 cm³/mol. The second-order valence-corrected chi connectivity index (χ2v) is 11.1. The zero-order valence-electron chi connectivity index (χ0n) is 23.9. The van der Waals surface area contributed by atoms with Crippen molar-refractivity contribution in [1.29, 1.82) is 0 Å². The predicted octanol–water partition coefficient (Wildman–Crippen LogP) is 4.62. The average Bonchev–Trinajstić information content (AvgIpc) is 3.44. The molecule has 4 aromatic rings. The van der Waals surface area contributed by atoms with Gasteiger partial charge in [-0.15, -0.1) is 0 Å². The molecule has 2 unspecified atom stereocenters. The van der Waals surface area contributed by atoms with Gasteiger partial charge < -0.3 is 20.0 Å². The number of nitrogens with zero attached hydrogens (tertiary/aromatic N) is 5. The van der Waals surface area contributed by atoms with Crippen LogP contribution in [0.3, 0.4) is 0 Å². The van der Waals surface area contributed by atoms with E-state index in [0.717, 1.165) is 67.3 Å². The summed E-state index contributed by atoms with van der Waals surface area (Å²) in [6.45, 7) is 7.65. The second-order valence-electron chi connectivity index (χ2n) is 11.1. The molecular formula is C32H38N6O3. The van der Waals surface area contributed by atoms with Gasteiger partial charge in [0.15, 0.2) is 11.6 Å². The van der Waals surface area contributed by atoms with Gasteiger partial charge in [0.1, 0.15) is 5.82 Å². The lowest BCUT2D eigenvalue weighted by atomic mass is 9.65. The molecule has 2 atom stereocenters. The maximum absolute atomic E-state index is 13.4. The molecule has 0 amide bonds. The number of H-pyrrole nitrogens is 1. The van der Waals surface area contributed by atoms with Crippen LogP contribution in [0, 0.1) is 12.8 Å². The van der Waals surface area contributed by atoms with Crippen LogP contribution in [0.5, 0.6) is 0 Å². The normalized spacial score (nSPS) is 21.8. The number of hydrogen-bond acceptors (Lipinski definition) is 7. The Kier molecular flexibility index (Phi) is 7.40. The quantitative estimate of drug-likeness (QED) is 0.277. The smallest absolute Gasteiger partial charge is 0.275 e. The zero-order valence-corrected chi connectivity index (χ0v) is 23.9. The Bertz CT molecular complexity index is 1560. The van der Waals surface area contributed by atoms with Gasteiger partial charge in [-0.1, -0.05) is 57.0 Å². The number of hydrogen-bond donors (Lipinski definition) is 3. The molecule has 0 bridgehead atoms. The maximum atomic E-state index is 13.4. The molecule has 9 nitrogen and oxygen atoms in total. The number of unbranched alkanes of at least 4 members (excludes halogenated alkanes) is 2. The third kappa shape index (κ3) is 4.63. The fourth-order valence-electron chi connectivity index (χ4n) is 6.12. The van der Waals surface area contributed by atoms with Crippen LogP contribution in [0.4, 0.5) is 11.6 Å². The van der Waals surface area contributed by atoms with E-state index in [1.54, 1.807) is 0 Å². The van der Waals surface area contributed by atoms with Gasteiger partial charge in [0.25, 0.3) is 5.56 Å². The first-order valence-corrected chi connectivity index (χ1v) is 14.7. The van der Waals surface area contributed by atoms with Crippen molar-refractivity contribution in [3.8, 4) is 5.69 Å². The van der Waals surface area contributed by atoms with Gasteiger partial charge in [-0.2, -0.15) is 0 Å². The van der Waals surface area contributed by atoms with Crippen molar-refractivity contribution in [2.45, 2.75) is 64.6 Å². The summed E-state index contributed by atoms with van der Waals surface area (Å²) in [6, 6.07) is 17.2. The van der Waals surface area contributed by atoms with Crippen LogP contribution < -0.4 is 15.4 Å². The number of fused-ring (bicyclic) bond motifs is 2. The van der Waals surface area contributed by atoms with Gasteiger partial charge in [-0.05, 0) is 50.1 Å². The Morgan fingerprint density at radius 2 is 1.39 bits per heavy atom. The molecule has 2 aromatic carbocycles. The van der Waals surface area contributed by atoms with Gasteiger partial charge in [0.2, 0.25) is 0 Å². The lowest BCUT2D eigenvalue weighted by Gasteiger charge is -2.45. The van der Waals surface area contributed by atoms with E-state index < -0.39 is 24.0 Å². The van der Waals surface area contributed by atoms with Crippen molar-refractivity contribution in [3.63, 3.8) is 0 Å². The molecule has 214 valence electrons. The largest absolute Gasteiger partial charge is 0.392 e. The van der Waals surface area contributed by atoms with Crippen molar-refractivity contribution < 1.29 is 10.2 Å². The van der Waals surface area contributed by atoms with E-state index in [-0.39, 0.29) is 5.56 Å². The molecule has 9 heteroatoms. The van der Waals surface area contributed by atoms with Crippen molar-refractivity contribution >= 4 is 22.7 Å². The van der Waals surface area contributed by atoms with E-state index in [1.807, 2.05) is 67.6 Å². The first-order valence-electron chi connectivity index (χ1n) is 14.7. The molecule has 1 aliphatic heterocycles. The summed E-state index contributed by atoms with van der Waals surface area (Å²) in [7, 11) is 0. The Morgan fingerprint density at radius 1 is 0.854 bits per heavy atom. The first-order chi connectivity index (χ1) is 19.9. The number of aliphatic hydroxyl groups is 2. The van der Waals surface area contributed by atoms with E-state index in [0.29, 0.717) is 16.9 Å². The van der Waals surface area contributed by atoms with Crippen molar-refractivity contribution in [2.24, 2.45) is 5.92 Å². The molecule has 0 radical (unpaired) electrons. The molecule has 2 aliphatic rings. The fourth-order valence-corrected chi connectivity index (χ4v) is 6.12. The van der Waals surface area contributed by atoms with Gasteiger partial charge in [0, 0.05) is 36.2 Å². The third-order valence-electron chi connectivity index (χ3n) is 8.40. The minimum absolute atomic E-state index is 0.245. The van der Waals surface area contributed by atoms with E-state index in [1.165, 1.54) is 4.68 Å². The summed E-state index contributed by atoms with van der Waals surface area (Å²) >= 11 is 0. The molecule has 0 saturated heterocycles. The Balaban J connectivity index is 1.37. The number of aryl methyl sites for hydroxylation is 1. The summed E-state index contributed by atoms with van der Waals surface area (Å²) in [6.07, 6.45) is 4.13. The van der Waals surface area contributed by atoms with Gasteiger partial charge in [0.05, 0.1) is 28.9 Å². The SMILES string of the molecule is CCCCN1C(=CC2C(O)C(c3c(C)[nH]n(-c4ccccc4)c3=O)C2O)N(CCCC)c2nc3ccccc3nc21. The number of nitrogens with one attached hydrogen (secondary N) is 1. The monoisotopic (exact) mass is 554 g/mol. The van der Waals surface area contributed by atoms with E-state index in [2.05, 4.69) is 28.7 Å². The summed E-state index contributed by atoms with van der Waals surface area (Å²) in [5.74, 6) is 1.30. The molecule has 1 fully saturated rings. The van der Waals surface area contributed by atoms with Crippen molar-refractivity contribution in [3.05, 3.63) is 88.1 Å². The van der Waals surface area contributed by atoms with Crippen LogP contribution >= 0.6 is 0 Å². The highest BCUT2D eigenvalue weighted by Gasteiger charge is 2.52. The van der Waals surface area contributed by atoms with Gasteiger partial charge in [-0.3, -0.25) is 9.89 Å². The molecule has 6 rings (SSSR count). The minimum Gasteiger partial charge on any atom is -0.392 e. The Morgan fingerprint density at radius 3 is 1.93 bits per heavy atom. The summed E-state index contributed by atoms with van der Waals surface area (Å²) < 4.78 is 1.48. The number of benzene rings is 2. The minimum atomic E-state index is -0.909. The highest BCUT2D eigenvalue weighted by Crippen LogP contribution is 2.46. The van der Waals surface area contributed by atoms with Crippen LogP contribution in [0.2, 0.25) is 0 Å². The van der Waals surface area contributed by atoms with E-state index >= 15 is 0 Å². The van der Waals surface area contributed by atoms with Crippen LogP contribution in [0.25, 0.3) is 16.7 Å². The number of aromatic nitrogens is 4. The average molecular weight is 555 g/mol. The van der Waals surface area contributed by atoms with Crippen LogP contribution in [-0.4, -0.2) is 55.3 Å². The lowest BCUT2D eigenvalue weighted by molar-refractivity contribution is -0.0951.